The van der Waals surface area contributed by atoms with Crippen molar-refractivity contribution < 1.29 is 13.2 Å². The highest BCUT2D eigenvalue weighted by molar-refractivity contribution is 4.88. The van der Waals surface area contributed by atoms with Crippen molar-refractivity contribution in [3.8, 4) is 0 Å². The van der Waals surface area contributed by atoms with Gasteiger partial charge in [0.05, 0.1) is 5.92 Å². The molecule has 0 aromatic rings. The van der Waals surface area contributed by atoms with E-state index in [9.17, 15) is 13.2 Å². The van der Waals surface area contributed by atoms with Crippen LogP contribution in [-0.2, 0) is 0 Å². The van der Waals surface area contributed by atoms with Crippen molar-refractivity contribution in [3.63, 3.8) is 0 Å². The van der Waals surface area contributed by atoms with Crippen LogP contribution in [-0.4, -0.2) is 18.3 Å². The van der Waals surface area contributed by atoms with E-state index < -0.39 is 12.1 Å². The predicted octanol–water partition coefficient (Wildman–Crippen LogP) is 5.30. The average molecular weight is 305 g/mol. The zero-order chi connectivity index (χ0) is 15.5. The van der Waals surface area contributed by atoms with Crippen LogP contribution in [0.15, 0.2) is 0 Å². The summed E-state index contributed by atoms with van der Waals surface area (Å²) >= 11 is 0. The molecule has 0 bridgehead atoms. The monoisotopic (exact) mass is 305 g/mol. The topological polar surface area (TPSA) is 12.0 Å². The van der Waals surface area contributed by atoms with Crippen LogP contribution in [0.25, 0.3) is 0 Å². The van der Waals surface area contributed by atoms with Crippen LogP contribution in [0.5, 0.6) is 0 Å². The maximum atomic E-state index is 13.2. The third-order valence-corrected chi connectivity index (χ3v) is 5.59. The minimum atomic E-state index is -4.04. The van der Waals surface area contributed by atoms with E-state index in [2.05, 4.69) is 19.2 Å². The molecule has 0 aromatic heterocycles. The van der Waals surface area contributed by atoms with Crippen LogP contribution in [0.1, 0.15) is 71.6 Å². The van der Waals surface area contributed by atoms with Crippen molar-refractivity contribution >= 4 is 0 Å². The van der Waals surface area contributed by atoms with Gasteiger partial charge in [-0.25, -0.2) is 0 Å². The van der Waals surface area contributed by atoms with E-state index in [4.69, 9.17) is 0 Å². The number of rotatable bonds is 3. The summed E-state index contributed by atoms with van der Waals surface area (Å²) in [5.74, 6) is 0.318. The number of alkyl halides is 3. The van der Waals surface area contributed by atoms with Crippen molar-refractivity contribution in [1.29, 1.82) is 0 Å². The third kappa shape index (κ3) is 4.87. The molecule has 0 saturated heterocycles. The summed E-state index contributed by atoms with van der Waals surface area (Å²) in [6.45, 7) is 4.53. The maximum absolute atomic E-state index is 13.2. The molecule has 2 fully saturated rings. The van der Waals surface area contributed by atoms with Gasteiger partial charge in [-0.3, -0.25) is 0 Å². The summed E-state index contributed by atoms with van der Waals surface area (Å²) in [6.07, 6.45) is 4.27. The predicted molar refractivity (Wildman–Crippen MR) is 80.1 cm³/mol. The lowest BCUT2D eigenvalue weighted by atomic mass is 9.83. The van der Waals surface area contributed by atoms with Gasteiger partial charge in [0, 0.05) is 12.1 Å². The first-order valence-corrected chi connectivity index (χ1v) is 8.70. The van der Waals surface area contributed by atoms with E-state index in [0.717, 1.165) is 38.0 Å². The van der Waals surface area contributed by atoms with Crippen molar-refractivity contribution in [3.05, 3.63) is 0 Å². The highest BCUT2D eigenvalue weighted by atomic mass is 19.4. The molecule has 124 valence electrons. The zero-order valence-corrected chi connectivity index (χ0v) is 13.4. The first-order valence-electron chi connectivity index (χ1n) is 8.70. The largest absolute Gasteiger partial charge is 0.393 e. The molecular formula is C17H30F3N. The van der Waals surface area contributed by atoms with Crippen LogP contribution < -0.4 is 5.32 Å². The minimum Gasteiger partial charge on any atom is -0.311 e. The smallest absolute Gasteiger partial charge is 0.311 e. The van der Waals surface area contributed by atoms with Gasteiger partial charge in [-0.1, -0.05) is 39.5 Å². The molecular weight excluding hydrogens is 275 g/mol. The molecule has 2 aliphatic carbocycles. The first-order chi connectivity index (χ1) is 9.88. The van der Waals surface area contributed by atoms with Crippen LogP contribution in [0.2, 0.25) is 0 Å². The second-order valence-electron chi connectivity index (χ2n) is 7.41. The Labute approximate surface area is 127 Å². The molecule has 0 heterocycles. The Morgan fingerprint density at radius 1 is 0.857 bits per heavy atom. The molecule has 2 aliphatic rings. The number of hydrogen-bond acceptors (Lipinski definition) is 1. The van der Waals surface area contributed by atoms with Gasteiger partial charge in [-0.15, -0.1) is 0 Å². The molecule has 21 heavy (non-hydrogen) atoms. The van der Waals surface area contributed by atoms with Crippen LogP contribution in [0.3, 0.4) is 0 Å². The number of halogens is 3. The quantitative estimate of drug-likeness (QED) is 0.697. The molecule has 1 nitrogen and oxygen atoms in total. The summed E-state index contributed by atoms with van der Waals surface area (Å²) in [6, 6.07) is -0.0546. The van der Waals surface area contributed by atoms with E-state index in [-0.39, 0.29) is 6.04 Å². The Balaban J connectivity index is 1.90. The van der Waals surface area contributed by atoms with Crippen LogP contribution >= 0.6 is 0 Å². The molecule has 0 spiro atoms. The van der Waals surface area contributed by atoms with E-state index in [1.54, 1.807) is 0 Å². The molecule has 0 amide bonds. The van der Waals surface area contributed by atoms with Crippen molar-refractivity contribution in [2.75, 3.05) is 0 Å². The van der Waals surface area contributed by atoms with Crippen molar-refractivity contribution in [1.82, 2.24) is 5.32 Å². The normalized spacial score (nSPS) is 35.7. The van der Waals surface area contributed by atoms with E-state index >= 15 is 0 Å². The molecule has 0 aliphatic heterocycles. The fourth-order valence-corrected chi connectivity index (χ4v) is 4.19. The van der Waals surface area contributed by atoms with Gasteiger partial charge in [-0.2, -0.15) is 13.2 Å². The molecule has 0 aromatic carbocycles. The van der Waals surface area contributed by atoms with Crippen molar-refractivity contribution in [2.24, 2.45) is 17.8 Å². The Morgan fingerprint density at radius 3 is 2.24 bits per heavy atom. The summed E-state index contributed by atoms with van der Waals surface area (Å²) in [5.41, 5.74) is 0. The first kappa shape index (κ1) is 17.1. The summed E-state index contributed by atoms with van der Waals surface area (Å²) in [5, 5.41) is 3.39. The SMILES string of the molecule is CC(C)C1CCCC(NC2CCCCC2C(F)(F)F)CC1. The van der Waals surface area contributed by atoms with E-state index in [1.807, 2.05) is 0 Å². The molecule has 0 radical (unpaired) electrons. The fourth-order valence-electron chi connectivity index (χ4n) is 4.19. The van der Waals surface area contributed by atoms with Gasteiger partial charge in [0.15, 0.2) is 0 Å². The van der Waals surface area contributed by atoms with Gasteiger partial charge < -0.3 is 5.32 Å². The van der Waals surface area contributed by atoms with E-state index in [0.29, 0.717) is 24.8 Å². The highest BCUT2D eigenvalue weighted by Crippen LogP contribution is 2.38. The highest BCUT2D eigenvalue weighted by Gasteiger charge is 2.45. The van der Waals surface area contributed by atoms with Gasteiger partial charge in [-0.05, 0) is 43.9 Å². The molecule has 4 unspecified atom stereocenters. The molecule has 2 rings (SSSR count). The second-order valence-corrected chi connectivity index (χ2v) is 7.41. The summed E-state index contributed by atoms with van der Waals surface area (Å²) in [7, 11) is 0. The molecule has 2 saturated carbocycles. The average Bonchev–Trinajstić information content (AvgIpc) is 2.64. The Morgan fingerprint density at radius 2 is 1.57 bits per heavy atom. The minimum absolute atomic E-state index is 0.293. The van der Waals surface area contributed by atoms with E-state index in [1.165, 1.54) is 12.8 Å². The number of nitrogens with one attached hydrogen (secondary N) is 1. The second kappa shape index (κ2) is 7.34. The molecule has 1 N–H and O–H groups in total. The lowest BCUT2D eigenvalue weighted by Crippen LogP contribution is -2.49. The number of hydrogen-bond donors (Lipinski definition) is 1. The van der Waals surface area contributed by atoms with Gasteiger partial charge in [0.25, 0.3) is 0 Å². The lowest BCUT2D eigenvalue weighted by Gasteiger charge is -2.36. The van der Waals surface area contributed by atoms with Crippen molar-refractivity contribution in [2.45, 2.75) is 89.9 Å². The fraction of sp³-hybridized carbons (Fsp3) is 1.00. The van der Waals surface area contributed by atoms with Gasteiger partial charge in [0.1, 0.15) is 0 Å². The zero-order valence-electron chi connectivity index (χ0n) is 13.4. The maximum Gasteiger partial charge on any atom is 0.393 e. The molecule has 4 heteroatoms. The summed E-state index contributed by atoms with van der Waals surface area (Å²) < 4.78 is 39.5. The third-order valence-electron chi connectivity index (χ3n) is 5.59. The van der Waals surface area contributed by atoms with Gasteiger partial charge in [0.2, 0.25) is 0 Å². The lowest BCUT2D eigenvalue weighted by molar-refractivity contribution is -0.189. The standard InChI is InChI=1S/C17H30F3N/c1-12(2)13-6-5-7-14(11-10-13)21-16-9-4-3-8-15(16)17(18,19)20/h12-16,21H,3-11H2,1-2H3. The Bertz CT molecular complexity index is 314. The Kier molecular flexibility index (Phi) is 5.98. The van der Waals surface area contributed by atoms with Crippen LogP contribution in [0, 0.1) is 17.8 Å². The summed E-state index contributed by atoms with van der Waals surface area (Å²) in [4.78, 5) is 0. The Hall–Kier alpha value is -0.250. The molecule has 4 atom stereocenters. The van der Waals surface area contributed by atoms with Crippen LogP contribution in [0.4, 0.5) is 13.2 Å². The van der Waals surface area contributed by atoms with Gasteiger partial charge >= 0.3 is 6.18 Å².